The zero-order valence-electron chi connectivity index (χ0n) is 19.4. The molecule has 0 atom stereocenters. The van der Waals surface area contributed by atoms with E-state index in [1.165, 1.54) is 4.70 Å². The largest absolute Gasteiger partial charge is 0.455 e. The number of aromatic nitrogens is 1. The highest BCUT2D eigenvalue weighted by Gasteiger charge is 2.28. The fraction of sp³-hybridized carbons (Fsp3) is 0.207. The van der Waals surface area contributed by atoms with E-state index in [0.717, 1.165) is 28.9 Å². The number of hydrogen-bond donors (Lipinski definition) is 0. The Balaban J connectivity index is 1.30. The van der Waals surface area contributed by atoms with Crippen molar-refractivity contribution in [3.63, 3.8) is 0 Å². The highest BCUT2D eigenvalue weighted by Crippen LogP contribution is 2.35. The van der Waals surface area contributed by atoms with Crippen LogP contribution < -0.4 is 5.43 Å². The van der Waals surface area contributed by atoms with Crippen molar-refractivity contribution in [2.75, 3.05) is 13.1 Å². The van der Waals surface area contributed by atoms with Gasteiger partial charge in [0.25, 0.3) is 5.91 Å². The summed E-state index contributed by atoms with van der Waals surface area (Å²) in [6.45, 7) is 3.07. The van der Waals surface area contributed by atoms with Crippen LogP contribution in [0.25, 0.3) is 32.5 Å². The quantitative estimate of drug-likeness (QED) is 0.300. The van der Waals surface area contributed by atoms with E-state index in [1.807, 2.05) is 53.4 Å². The molecule has 1 aliphatic rings. The van der Waals surface area contributed by atoms with E-state index in [4.69, 9.17) is 9.40 Å². The highest BCUT2D eigenvalue weighted by molar-refractivity contribution is 7.18. The van der Waals surface area contributed by atoms with Crippen molar-refractivity contribution in [2.45, 2.75) is 25.7 Å². The molecule has 0 aliphatic carbocycles. The molecule has 0 radical (unpaired) electrons. The molecule has 1 saturated heterocycles. The van der Waals surface area contributed by atoms with Crippen molar-refractivity contribution in [3.8, 4) is 11.3 Å². The first-order chi connectivity index (χ1) is 17.1. The second kappa shape index (κ2) is 8.78. The Morgan fingerprint density at radius 1 is 0.971 bits per heavy atom. The number of amides is 1. The number of benzene rings is 3. The maximum atomic E-state index is 13.6. The Labute approximate surface area is 206 Å². The number of piperidine rings is 1. The number of carbonyl (C=O) groups is 1. The first-order valence-electron chi connectivity index (χ1n) is 11.9. The molecule has 0 unspecified atom stereocenters. The number of hydrogen-bond acceptors (Lipinski definition) is 5. The fourth-order valence-corrected chi connectivity index (χ4v) is 6.04. The summed E-state index contributed by atoms with van der Waals surface area (Å²) >= 11 is 1.75. The van der Waals surface area contributed by atoms with Crippen molar-refractivity contribution < 1.29 is 9.21 Å². The van der Waals surface area contributed by atoms with E-state index >= 15 is 0 Å². The van der Waals surface area contributed by atoms with Crippen LogP contribution in [0.1, 0.15) is 39.7 Å². The van der Waals surface area contributed by atoms with Gasteiger partial charge in [0.1, 0.15) is 5.76 Å². The fourth-order valence-electron chi connectivity index (χ4n) is 4.91. The predicted octanol–water partition coefficient (Wildman–Crippen LogP) is 6.40. The van der Waals surface area contributed by atoms with Crippen molar-refractivity contribution >= 4 is 38.4 Å². The molecular weight excluding hydrogens is 456 g/mol. The van der Waals surface area contributed by atoms with E-state index in [9.17, 15) is 9.59 Å². The second-order valence-electron chi connectivity index (χ2n) is 9.02. The lowest BCUT2D eigenvalue weighted by Gasteiger charge is -2.31. The summed E-state index contributed by atoms with van der Waals surface area (Å²) < 4.78 is 7.48. The minimum absolute atomic E-state index is 0.0932. The van der Waals surface area contributed by atoms with Crippen molar-refractivity contribution in [1.29, 1.82) is 0 Å². The maximum absolute atomic E-state index is 13.6. The topological polar surface area (TPSA) is 63.4 Å². The number of nitrogens with zero attached hydrogens (tertiary/aromatic N) is 2. The third-order valence-corrected chi connectivity index (χ3v) is 8.05. The molecule has 6 rings (SSSR count). The average molecular weight is 481 g/mol. The number of likely N-dealkylation sites (tertiary alicyclic amines) is 1. The van der Waals surface area contributed by atoms with Crippen LogP contribution in [0.3, 0.4) is 0 Å². The molecule has 6 heteroatoms. The van der Waals surface area contributed by atoms with Crippen LogP contribution in [0.4, 0.5) is 0 Å². The number of rotatable bonds is 3. The molecule has 174 valence electrons. The van der Waals surface area contributed by atoms with Gasteiger partial charge in [-0.05, 0) is 44.0 Å². The zero-order valence-corrected chi connectivity index (χ0v) is 20.2. The first kappa shape index (κ1) is 21.7. The number of thiazole rings is 1. The molecule has 0 bridgehead atoms. The molecule has 3 aromatic carbocycles. The molecular formula is C29H24N2O3S. The summed E-state index contributed by atoms with van der Waals surface area (Å²) in [5.74, 6) is 0.775. The molecule has 5 aromatic rings. The predicted molar refractivity (Wildman–Crippen MR) is 140 cm³/mol. The first-order valence-corrected chi connectivity index (χ1v) is 12.7. The molecule has 35 heavy (non-hydrogen) atoms. The molecule has 0 spiro atoms. The average Bonchev–Trinajstić information content (AvgIpc) is 3.35. The van der Waals surface area contributed by atoms with E-state index in [1.54, 1.807) is 36.5 Å². The van der Waals surface area contributed by atoms with Gasteiger partial charge in [-0.25, -0.2) is 4.98 Å². The van der Waals surface area contributed by atoms with Crippen molar-refractivity contribution in [3.05, 3.63) is 99.2 Å². The van der Waals surface area contributed by atoms with Crippen LogP contribution in [0.2, 0.25) is 0 Å². The molecule has 1 fully saturated rings. The van der Waals surface area contributed by atoms with Gasteiger partial charge in [0.05, 0.1) is 26.2 Å². The van der Waals surface area contributed by atoms with Gasteiger partial charge in [-0.3, -0.25) is 9.59 Å². The Bertz CT molecular complexity index is 1580. The van der Waals surface area contributed by atoms with Crippen molar-refractivity contribution in [1.82, 2.24) is 9.88 Å². The molecule has 3 heterocycles. The van der Waals surface area contributed by atoms with Crippen LogP contribution in [-0.2, 0) is 0 Å². The summed E-state index contributed by atoms with van der Waals surface area (Å²) in [7, 11) is 0. The van der Waals surface area contributed by atoms with E-state index in [0.29, 0.717) is 46.9 Å². The summed E-state index contributed by atoms with van der Waals surface area (Å²) in [5, 5.41) is 1.59. The number of para-hydroxylation sites is 2. The van der Waals surface area contributed by atoms with Crippen LogP contribution in [0, 0.1) is 6.92 Å². The Morgan fingerprint density at radius 2 is 1.71 bits per heavy atom. The van der Waals surface area contributed by atoms with Gasteiger partial charge < -0.3 is 9.32 Å². The minimum atomic E-state index is -0.103. The monoisotopic (exact) mass is 480 g/mol. The lowest BCUT2D eigenvalue weighted by Crippen LogP contribution is -2.38. The third-order valence-electron chi connectivity index (χ3n) is 6.85. The van der Waals surface area contributed by atoms with Gasteiger partial charge in [-0.15, -0.1) is 11.3 Å². The van der Waals surface area contributed by atoms with Crippen LogP contribution in [0.5, 0.6) is 0 Å². The van der Waals surface area contributed by atoms with E-state index in [-0.39, 0.29) is 11.3 Å². The van der Waals surface area contributed by atoms with Crippen molar-refractivity contribution in [2.24, 2.45) is 0 Å². The molecule has 2 aromatic heterocycles. The van der Waals surface area contributed by atoms with Gasteiger partial charge in [-0.2, -0.15) is 0 Å². The molecule has 5 nitrogen and oxygen atoms in total. The van der Waals surface area contributed by atoms with Gasteiger partial charge >= 0.3 is 0 Å². The SMILES string of the molecule is Cc1c(-c2ccccc2)oc2c(C(=O)N3CCC(c4nc5ccccc5s4)CC3)cccc2c1=O. The Morgan fingerprint density at radius 3 is 2.49 bits per heavy atom. The Kier molecular flexibility index (Phi) is 5.46. The van der Waals surface area contributed by atoms with Gasteiger partial charge in [-0.1, -0.05) is 48.5 Å². The minimum Gasteiger partial charge on any atom is -0.455 e. The zero-order chi connectivity index (χ0) is 23.9. The smallest absolute Gasteiger partial charge is 0.257 e. The second-order valence-corrected chi connectivity index (χ2v) is 10.1. The highest BCUT2D eigenvalue weighted by atomic mass is 32.1. The number of carbonyl (C=O) groups excluding carboxylic acids is 1. The molecule has 1 amide bonds. The summed E-state index contributed by atoms with van der Waals surface area (Å²) in [4.78, 5) is 33.5. The summed E-state index contributed by atoms with van der Waals surface area (Å²) in [6.07, 6.45) is 1.74. The van der Waals surface area contributed by atoms with Gasteiger partial charge in [0.2, 0.25) is 0 Å². The third kappa shape index (κ3) is 3.84. The standard InChI is InChI=1S/C29H24N2O3S/c1-18-25(32)21-10-7-11-22(27(21)34-26(18)19-8-3-2-4-9-19)29(33)31-16-14-20(15-17-31)28-30-23-12-5-6-13-24(23)35-28/h2-13,20H,14-17H2,1H3. The lowest BCUT2D eigenvalue weighted by atomic mass is 9.96. The van der Waals surface area contributed by atoms with E-state index < -0.39 is 0 Å². The Hall–Kier alpha value is -3.77. The molecule has 1 aliphatic heterocycles. The van der Waals surface area contributed by atoms with E-state index in [2.05, 4.69) is 6.07 Å². The molecule has 0 N–H and O–H groups in total. The summed E-state index contributed by atoms with van der Waals surface area (Å²) in [6, 6.07) is 23.0. The lowest BCUT2D eigenvalue weighted by molar-refractivity contribution is 0.0714. The van der Waals surface area contributed by atoms with Gasteiger partial charge in [0, 0.05) is 30.1 Å². The normalized spacial score (nSPS) is 14.6. The maximum Gasteiger partial charge on any atom is 0.257 e. The molecule has 0 saturated carbocycles. The van der Waals surface area contributed by atoms with Crippen LogP contribution in [0.15, 0.2) is 82.0 Å². The van der Waals surface area contributed by atoms with Crippen LogP contribution >= 0.6 is 11.3 Å². The van der Waals surface area contributed by atoms with Crippen LogP contribution in [-0.4, -0.2) is 28.9 Å². The van der Waals surface area contributed by atoms with Gasteiger partial charge in [0.15, 0.2) is 11.0 Å². The summed E-state index contributed by atoms with van der Waals surface area (Å²) in [5.41, 5.74) is 3.11. The number of fused-ring (bicyclic) bond motifs is 2.